The van der Waals surface area contributed by atoms with Crippen LogP contribution in [0, 0.1) is 6.92 Å². The predicted molar refractivity (Wildman–Crippen MR) is 119 cm³/mol. The Morgan fingerprint density at radius 1 is 1.14 bits per heavy atom. The van der Waals surface area contributed by atoms with Gasteiger partial charge in [0.25, 0.3) is 5.91 Å². The van der Waals surface area contributed by atoms with Gasteiger partial charge in [0, 0.05) is 17.6 Å². The highest BCUT2D eigenvalue weighted by Gasteiger charge is 2.28. The molecule has 0 saturated heterocycles. The molecule has 0 saturated carbocycles. The molecule has 2 amide bonds. The maximum atomic E-state index is 13.1. The van der Waals surface area contributed by atoms with Crippen LogP contribution >= 0.6 is 15.9 Å². The molecule has 0 unspecified atom stereocenters. The molecule has 0 aliphatic heterocycles. The standard InChI is InChI=1S/C23H29BrN2O3/c1-4-13-25-23(28)21(5-2)26(15-18-8-6-7-17(3)14-18)22(27)16-29-20-11-9-19(24)10-12-20/h6-12,14,21H,4-5,13,15-16H2,1-3H3,(H,25,28)/t21-/m0/s1. The number of aryl methyl sites for hydroxylation is 1. The second-order valence-corrected chi connectivity index (χ2v) is 7.88. The zero-order chi connectivity index (χ0) is 21.2. The van der Waals surface area contributed by atoms with Crippen molar-refractivity contribution in [1.29, 1.82) is 0 Å². The van der Waals surface area contributed by atoms with Crippen LogP contribution in [0.15, 0.2) is 53.0 Å². The molecular weight excluding hydrogens is 432 g/mol. The Hall–Kier alpha value is -2.34. The molecule has 156 valence electrons. The second-order valence-electron chi connectivity index (χ2n) is 6.97. The van der Waals surface area contributed by atoms with E-state index in [1.165, 1.54) is 0 Å². The van der Waals surface area contributed by atoms with Crippen molar-refractivity contribution in [2.45, 2.75) is 46.2 Å². The van der Waals surface area contributed by atoms with E-state index in [1.807, 2.05) is 57.2 Å². The van der Waals surface area contributed by atoms with Gasteiger partial charge in [0.05, 0.1) is 0 Å². The molecule has 29 heavy (non-hydrogen) atoms. The average Bonchev–Trinajstić information content (AvgIpc) is 2.71. The number of benzene rings is 2. The SMILES string of the molecule is CCCNC(=O)[C@H](CC)N(Cc1cccc(C)c1)C(=O)COc1ccc(Br)cc1. The Labute approximate surface area is 181 Å². The number of hydrogen-bond acceptors (Lipinski definition) is 3. The molecule has 0 heterocycles. The zero-order valence-corrected chi connectivity index (χ0v) is 18.9. The quantitative estimate of drug-likeness (QED) is 0.568. The molecule has 5 nitrogen and oxygen atoms in total. The lowest BCUT2D eigenvalue weighted by Gasteiger charge is -2.30. The lowest BCUT2D eigenvalue weighted by atomic mass is 10.1. The van der Waals surface area contributed by atoms with Crippen molar-refractivity contribution in [3.8, 4) is 5.75 Å². The Kier molecular flexibility index (Phi) is 9.19. The van der Waals surface area contributed by atoms with E-state index in [-0.39, 0.29) is 18.4 Å². The van der Waals surface area contributed by atoms with Gasteiger partial charge in [0.15, 0.2) is 6.61 Å². The van der Waals surface area contributed by atoms with Gasteiger partial charge in [-0.3, -0.25) is 9.59 Å². The van der Waals surface area contributed by atoms with E-state index in [4.69, 9.17) is 4.74 Å². The fourth-order valence-corrected chi connectivity index (χ4v) is 3.32. The number of rotatable bonds is 10. The van der Waals surface area contributed by atoms with E-state index in [0.29, 0.717) is 25.3 Å². The Morgan fingerprint density at radius 2 is 1.86 bits per heavy atom. The van der Waals surface area contributed by atoms with Crippen molar-refractivity contribution in [1.82, 2.24) is 10.2 Å². The molecule has 0 spiro atoms. The summed E-state index contributed by atoms with van der Waals surface area (Å²) in [5.41, 5.74) is 2.10. The van der Waals surface area contributed by atoms with Crippen LogP contribution in [0.5, 0.6) is 5.75 Å². The summed E-state index contributed by atoms with van der Waals surface area (Å²) in [6.07, 6.45) is 1.38. The summed E-state index contributed by atoms with van der Waals surface area (Å²) in [5.74, 6) is 0.271. The lowest BCUT2D eigenvalue weighted by molar-refractivity contribution is -0.143. The lowest BCUT2D eigenvalue weighted by Crippen LogP contribution is -2.50. The van der Waals surface area contributed by atoms with Gasteiger partial charge in [-0.2, -0.15) is 0 Å². The third kappa shape index (κ3) is 7.20. The van der Waals surface area contributed by atoms with Gasteiger partial charge in [-0.25, -0.2) is 0 Å². The number of ether oxygens (including phenoxy) is 1. The Bertz CT molecular complexity index is 808. The normalized spacial score (nSPS) is 11.6. The zero-order valence-electron chi connectivity index (χ0n) is 17.3. The van der Waals surface area contributed by atoms with Crippen molar-refractivity contribution in [3.05, 3.63) is 64.1 Å². The van der Waals surface area contributed by atoms with E-state index >= 15 is 0 Å². The number of hydrogen-bond donors (Lipinski definition) is 1. The van der Waals surface area contributed by atoms with Gasteiger partial charge in [0.2, 0.25) is 5.91 Å². The smallest absolute Gasteiger partial charge is 0.261 e. The van der Waals surface area contributed by atoms with E-state index in [0.717, 1.165) is 22.0 Å². The summed E-state index contributed by atoms with van der Waals surface area (Å²) in [6.45, 7) is 6.77. The number of nitrogens with zero attached hydrogens (tertiary/aromatic N) is 1. The van der Waals surface area contributed by atoms with E-state index < -0.39 is 6.04 Å². The van der Waals surface area contributed by atoms with Gasteiger partial charge in [-0.05, 0) is 49.6 Å². The topological polar surface area (TPSA) is 58.6 Å². The average molecular weight is 461 g/mol. The highest BCUT2D eigenvalue weighted by atomic mass is 79.9. The first-order valence-electron chi connectivity index (χ1n) is 9.95. The van der Waals surface area contributed by atoms with Crippen molar-refractivity contribution < 1.29 is 14.3 Å². The van der Waals surface area contributed by atoms with Crippen molar-refractivity contribution >= 4 is 27.7 Å². The van der Waals surface area contributed by atoms with Gasteiger partial charge in [0.1, 0.15) is 11.8 Å². The molecular formula is C23H29BrN2O3. The van der Waals surface area contributed by atoms with Crippen molar-refractivity contribution in [2.24, 2.45) is 0 Å². The number of nitrogens with one attached hydrogen (secondary N) is 1. The first-order valence-corrected chi connectivity index (χ1v) is 10.7. The Balaban J connectivity index is 2.17. The first-order chi connectivity index (χ1) is 13.9. The van der Waals surface area contributed by atoms with E-state index in [9.17, 15) is 9.59 Å². The molecule has 0 aliphatic carbocycles. The van der Waals surface area contributed by atoms with Gasteiger partial charge >= 0.3 is 0 Å². The second kappa shape index (κ2) is 11.6. The van der Waals surface area contributed by atoms with Crippen LogP contribution in [0.25, 0.3) is 0 Å². The van der Waals surface area contributed by atoms with Crippen LogP contribution in [0.4, 0.5) is 0 Å². The maximum absolute atomic E-state index is 13.1. The van der Waals surface area contributed by atoms with Crippen molar-refractivity contribution in [2.75, 3.05) is 13.2 Å². The van der Waals surface area contributed by atoms with Crippen LogP contribution < -0.4 is 10.1 Å². The largest absolute Gasteiger partial charge is 0.484 e. The first kappa shape index (κ1) is 22.9. The number of amides is 2. The fraction of sp³-hybridized carbons (Fsp3) is 0.391. The summed E-state index contributed by atoms with van der Waals surface area (Å²) in [6, 6.07) is 14.8. The minimum absolute atomic E-state index is 0.120. The van der Waals surface area contributed by atoms with Crippen LogP contribution in [0.1, 0.15) is 37.8 Å². The summed E-state index contributed by atoms with van der Waals surface area (Å²) in [4.78, 5) is 27.4. The Morgan fingerprint density at radius 3 is 2.48 bits per heavy atom. The third-order valence-corrected chi connectivity index (χ3v) is 5.08. The van der Waals surface area contributed by atoms with E-state index in [1.54, 1.807) is 17.0 Å². The van der Waals surface area contributed by atoms with Gasteiger partial charge < -0.3 is 15.0 Å². The molecule has 2 aromatic rings. The number of carbonyl (C=O) groups is 2. The van der Waals surface area contributed by atoms with Crippen LogP contribution in [0.3, 0.4) is 0 Å². The molecule has 1 atom stereocenters. The van der Waals surface area contributed by atoms with Crippen LogP contribution in [-0.2, 0) is 16.1 Å². The van der Waals surface area contributed by atoms with E-state index in [2.05, 4.69) is 21.2 Å². The third-order valence-electron chi connectivity index (χ3n) is 4.55. The summed E-state index contributed by atoms with van der Waals surface area (Å²) >= 11 is 3.38. The maximum Gasteiger partial charge on any atom is 0.261 e. The molecule has 2 rings (SSSR count). The summed E-state index contributed by atoms with van der Waals surface area (Å²) in [5, 5.41) is 2.92. The molecule has 6 heteroatoms. The summed E-state index contributed by atoms with van der Waals surface area (Å²) in [7, 11) is 0. The van der Waals surface area contributed by atoms with Crippen molar-refractivity contribution in [3.63, 3.8) is 0 Å². The molecule has 0 bridgehead atoms. The van der Waals surface area contributed by atoms with Gasteiger partial charge in [-0.1, -0.05) is 59.6 Å². The minimum Gasteiger partial charge on any atom is -0.484 e. The molecule has 0 aliphatic rings. The van der Waals surface area contributed by atoms with Gasteiger partial charge in [-0.15, -0.1) is 0 Å². The van der Waals surface area contributed by atoms with Crippen LogP contribution in [-0.4, -0.2) is 35.9 Å². The summed E-state index contributed by atoms with van der Waals surface area (Å²) < 4.78 is 6.62. The number of carbonyl (C=O) groups excluding carboxylic acids is 2. The molecule has 0 aromatic heterocycles. The molecule has 0 radical (unpaired) electrons. The highest BCUT2D eigenvalue weighted by molar-refractivity contribution is 9.10. The highest BCUT2D eigenvalue weighted by Crippen LogP contribution is 2.18. The molecule has 1 N–H and O–H groups in total. The predicted octanol–water partition coefficient (Wildman–Crippen LogP) is 4.47. The van der Waals surface area contributed by atoms with Crippen LogP contribution in [0.2, 0.25) is 0 Å². The molecule has 0 fully saturated rings. The molecule has 2 aromatic carbocycles. The fourth-order valence-electron chi connectivity index (χ4n) is 3.05. The monoisotopic (exact) mass is 460 g/mol. The number of halogens is 1. The minimum atomic E-state index is -0.539.